The highest BCUT2D eigenvalue weighted by Gasteiger charge is 2.66. The van der Waals surface area contributed by atoms with Crippen molar-refractivity contribution in [3.8, 4) is 0 Å². The van der Waals surface area contributed by atoms with E-state index in [1.54, 1.807) is 6.92 Å². The summed E-state index contributed by atoms with van der Waals surface area (Å²) in [5.41, 5.74) is -2.62. The first-order valence-corrected chi connectivity index (χ1v) is 14.4. The van der Waals surface area contributed by atoms with Gasteiger partial charge in [-0.3, -0.25) is 4.79 Å². The van der Waals surface area contributed by atoms with E-state index in [2.05, 4.69) is 38.2 Å². The molecule has 38 heavy (non-hydrogen) atoms. The summed E-state index contributed by atoms with van der Waals surface area (Å²) in [5, 5.41) is 32.5. The van der Waals surface area contributed by atoms with E-state index in [4.69, 9.17) is 4.74 Å². The fourth-order valence-electron chi connectivity index (χ4n) is 8.73. The van der Waals surface area contributed by atoms with E-state index in [9.17, 15) is 24.9 Å². The van der Waals surface area contributed by atoms with Crippen molar-refractivity contribution >= 4 is 11.8 Å². The summed E-state index contributed by atoms with van der Waals surface area (Å²) in [6.45, 7) is 9.86. The molecule has 10 atom stereocenters. The lowest BCUT2D eigenvalue weighted by atomic mass is 9.52. The van der Waals surface area contributed by atoms with E-state index < -0.39 is 34.3 Å². The summed E-state index contributed by atoms with van der Waals surface area (Å²) >= 11 is 0. The molecule has 1 saturated carbocycles. The van der Waals surface area contributed by atoms with Crippen LogP contribution in [0.4, 0.5) is 0 Å². The number of rotatable bonds is 3. The summed E-state index contributed by atoms with van der Waals surface area (Å²) < 4.78 is 6.12. The van der Waals surface area contributed by atoms with Gasteiger partial charge in [-0.1, -0.05) is 64.5 Å². The Morgan fingerprint density at radius 3 is 2.55 bits per heavy atom. The smallest absolute Gasteiger partial charge is 0.346 e. The van der Waals surface area contributed by atoms with Gasteiger partial charge in [0.1, 0.15) is 11.3 Å². The number of carbonyl (C=O) groups is 2. The van der Waals surface area contributed by atoms with Crippen molar-refractivity contribution in [1.29, 1.82) is 0 Å². The number of ketones is 1. The van der Waals surface area contributed by atoms with E-state index in [0.29, 0.717) is 18.8 Å². The van der Waals surface area contributed by atoms with Gasteiger partial charge in [0.2, 0.25) is 5.78 Å². The fourth-order valence-corrected chi connectivity index (χ4v) is 8.73. The zero-order valence-corrected chi connectivity index (χ0v) is 23.4. The van der Waals surface area contributed by atoms with Gasteiger partial charge in [0.25, 0.3) is 0 Å². The Bertz CT molecular complexity index is 1130. The zero-order valence-electron chi connectivity index (χ0n) is 23.4. The standard InChI is InChI=1S/C32H44O6/c1-18-8-10-25-21(13-18)9-11-24-19(2)7-6-12-30(4)15-23(17-33)22(14-20(3)34)16-32(30)28(36)26(29(37)38-32)27(35)31(24,25)5/h6-7,9,11,15,18-22,24-25,33-35H,8,10,12-14,16-17H2,1-5H3/b7-6-,27-26-/t18-,19+,20+,21+,22+,24-,25+,30+,31+,32+/m0/s1. The molecule has 0 amide bonds. The zero-order chi connectivity index (χ0) is 27.6. The first-order chi connectivity index (χ1) is 17.9. The normalized spacial score (nSPS) is 48.1. The molecule has 2 fully saturated rings. The maximum Gasteiger partial charge on any atom is 0.346 e. The van der Waals surface area contributed by atoms with Crippen molar-refractivity contribution in [2.24, 2.45) is 46.3 Å². The van der Waals surface area contributed by atoms with Gasteiger partial charge < -0.3 is 20.1 Å². The molecular formula is C32H44O6. The number of Topliss-reactive ketones (excluding diaryl/α,β-unsaturated/α-hetero) is 1. The van der Waals surface area contributed by atoms with Crippen molar-refractivity contribution in [1.82, 2.24) is 0 Å². The molecule has 1 saturated heterocycles. The van der Waals surface area contributed by atoms with Crippen LogP contribution in [0.15, 0.2) is 47.3 Å². The second kappa shape index (κ2) is 9.48. The second-order valence-corrected chi connectivity index (χ2v) is 13.4. The number of ether oxygens (including phenoxy) is 1. The van der Waals surface area contributed by atoms with Crippen LogP contribution < -0.4 is 0 Å². The van der Waals surface area contributed by atoms with E-state index in [0.717, 1.165) is 24.8 Å². The lowest BCUT2D eigenvalue weighted by Gasteiger charge is -2.52. The molecule has 5 rings (SSSR count). The van der Waals surface area contributed by atoms with Crippen molar-refractivity contribution in [2.75, 3.05) is 6.61 Å². The van der Waals surface area contributed by atoms with Crippen molar-refractivity contribution in [3.63, 3.8) is 0 Å². The van der Waals surface area contributed by atoms with Crippen LogP contribution in [0.1, 0.15) is 73.1 Å². The van der Waals surface area contributed by atoms with Crippen LogP contribution in [0.3, 0.4) is 0 Å². The molecule has 0 aromatic rings. The van der Waals surface area contributed by atoms with E-state index in [1.165, 1.54) is 0 Å². The third kappa shape index (κ3) is 3.89. The lowest BCUT2D eigenvalue weighted by molar-refractivity contribution is -0.166. The summed E-state index contributed by atoms with van der Waals surface area (Å²) in [4.78, 5) is 28.2. The number of hydrogen-bond acceptors (Lipinski definition) is 6. The highest BCUT2D eigenvalue weighted by molar-refractivity contribution is 6.26. The lowest BCUT2D eigenvalue weighted by Crippen LogP contribution is -2.55. The highest BCUT2D eigenvalue weighted by atomic mass is 16.6. The molecule has 0 unspecified atom stereocenters. The minimum absolute atomic E-state index is 0.0717. The van der Waals surface area contributed by atoms with Crippen molar-refractivity contribution < 1.29 is 29.6 Å². The van der Waals surface area contributed by atoms with Crippen LogP contribution in [-0.4, -0.2) is 45.4 Å². The monoisotopic (exact) mass is 524 g/mol. The molecule has 0 aromatic carbocycles. The molecule has 6 nitrogen and oxygen atoms in total. The number of aliphatic hydroxyl groups is 3. The van der Waals surface area contributed by atoms with E-state index in [1.807, 2.05) is 19.9 Å². The minimum atomic E-state index is -1.50. The third-order valence-electron chi connectivity index (χ3n) is 10.8. The van der Waals surface area contributed by atoms with Crippen LogP contribution >= 0.6 is 0 Å². The summed E-state index contributed by atoms with van der Waals surface area (Å²) in [6, 6.07) is 0. The van der Waals surface area contributed by atoms with E-state index >= 15 is 0 Å². The third-order valence-corrected chi connectivity index (χ3v) is 10.8. The van der Waals surface area contributed by atoms with Crippen LogP contribution in [0.25, 0.3) is 0 Å². The Morgan fingerprint density at radius 1 is 1.13 bits per heavy atom. The van der Waals surface area contributed by atoms with Gasteiger partial charge in [-0.25, -0.2) is 4.79 Å². The van der Waals surface area contributed by atoms with Crippen LogP contribution in [0.5, 0.6) is 0 Å². The highest BCUT2D eigenvalue weighted by Crippen LogP contribution is 2.60. The SMILES string of the molecule is C[C@H]1CC[C@@H]2[C@H](C=C[C@H]3[C@H](C)/C=C\C[C@]4(C)C=C(CO)[C@H](C[C@@H](C)O)C[C@]45OC(=O)/C(=C(\O)[C@@]23C)C5=O)C1. The Hall–Kier alpha value is -2.18. The Balaban J connectivity index is 1.72. The minimum Gasteiger partial charge on any atom is -0.511 e. The summed E-state index contributed by atoms with van der Waals surface area (Å²) in [5.74, 6) is -0.619. The number of esters is 1. The molecule has 3 N–H and O–H groups in total. The number of carbonyl (C=O) groups excluding carboxylic acids is 2. The molecular weight excluding hydrogens is 480 g/mol. The fraction of sp³-hybridized carbons (Fsp3) is 0.688. The molecule has 6 heteroatoms. The van der Waals surface area contributed by atoms with Gasteiger partial charge in [-0.2, -0.15) is 0 Å². The van der Waals surface area contributed by atoms with Gasteiger partial charge in [0, 0.05) is 17.3 Å². The van der Waals surface area contributed by atoms with Gasteiger partial charge in [-0.05, 0) is 73.7 Å². The molecule has 208 valence electrons. The molecule has 0 aromatic heterocycles. The first kappa shape index (κ1) is 27.4. The van der Waals surface area contributed by atoms with Crippen molar-refractivity contribution in [2.45, 2.75) is 84.8 Å². The molecule has 0 radical (unpaired) electrons. The van der Waals surface area contributed by atoms with Crippen LogP contribution in [0, 0.1) is 46.3 Å². The predicted molar refractivity (Wildman–Crippen MR) is 145 cm³/mol. The topological polar surface area (TPSA) is 104 Å². The quantitative estimate of drug-likeness (QED) is 0.266. The molecule has 2 bridgehead atoms. The first-order valence-electron chi connectivity index (χ1n) is 14.4. The summed E-state index contributed by atoms with van der Waals surface area (Å²) in [6.07, 6.45) is 14.0. The van der Waals surface area contributed by atoms with Crippen LogP contribution in [-0.2, 0) is 14.3 Å². The Labute approximate surface area is 226 Å². The molecule has 1 spiro atoms. The summed E-state index contributed by atoms with van der Waals surface area (Å²) in [7, 11) is 0. The predicted octanol–water partition coefficient (Wildman–Crippen LogP) is 5.22. The molecule has 4 aliphatic carbocycles. The second-order valence-electron chi connectivity index (χ2n) is 13.4. The Kier molecular flexibility index (Phi) is 6.83. The number of fused-ring (bicyclic) bond motifs is 4. The number of hydrogen-bond donors (Lipinski definition) is 3. The Morgan fingerprint density at radius 2 is 1.87 bits per heavy atom. The molecule has 5 aliphatic rings. The molecule has 1 heterocycles. The van der Waals surface area contributed by atoms with Crippen LogP contribution in [0.2, 0.25) is 0 Å². The number of aliphatic hydroxyl groups excluding tert-OH is 3. The average Bonchev–Trinajstić information content (AvgIpc) is 3.09. The van der Waals surface area contributed by atoms with Gasteiger partial charge in [-0.15, -0.1) is 0 Å². The van der Waals surface area contributed by atoms with E-state index in [-0.39, 0.29) is 53.9 Å². The maximum absolute atomic E-state index is 14.5. The van der Waals surface area contributed by atoms with Crippen molar-refractivity contribution in [3.05, 3.63) is 47.3 Å². The maximum atomic E-state index is 14.5. The van der Waals surface area contributed by atoms with Gasteiger partial charge >= 0.3 is 5.97 Å². The number of allylic oxidation sites excluding steroid dienone is 5. The average molecular weight is 525 g/mol. The van der Waals surface area contributed by atoms with Gasteiger partial charge in [0.05, 0.1) is 12.7 Å². The molecule has 1 aliphatic heterocycles. The van der Waals surface area contributed by atoms with Gasteiger partial charge in [0.15, 0.2) is 5.60 Å². The largest absolute Gasteiger partial charge is 0.511 e.